The molecule has 0 unspecified atom stereocenters. The van der Waals surface area contributed by atoms with Gasteiger partial charge >= 0.3 is 5.97 Å². The smallest absolute Gasteiger partial charge is 0.376 e. The van der Waals surface area contributed by atoms with Crippen LogP contribution in [0.5, 0.6) is 0 Å². The number of carbonyl (C=O) groups is 1. The second-order valence-electron chi connectivity index (χ2n) is 3.85. The number of esters is 1. The first-order valence-corrected chi connectivity index (χ1v) is 8.59. The lowest BCUT2D eigenvalue weighted by Crippen LogP contribution is -2.24. The fourth-order valence-electron chi connectivity index (χ4n) is 1.21. The van der Waals surface area contributed by atoms with Crippen LogP contribution < -0.4 is 5.14 Å². The van der Waals surface area contributed by atoms with Gasteiger partial charge < -0.3 is 4.74 Å². The number of carbonyl (C=O) groups excluding carboxylic acids is 1. The summed E-state index contributed by atoms with van der Waals surface area (Å²) in [5, 5.41) is 4.30. The predicted octanol–water partition coefficient (Wildman–Crippen LogP) is -1.37. The maximum atomic E-state index is 11.9. The van der Waals surface area contributed by atoms with Gasteiger partial charge in [-0.3, -0.25) is 0 Å². The van der Waals surface area contributed by atoms with Crippen LogP contribution in [-0.2, 0) is 24.6 Å². The van der Waals surface area contributed by atoms with Gasteiger partial charge in [0, 0.05) is 5.69 Å². The van der Waals surface area contributed by atoms with Gasteiger partial charge in [0.25, 0.3) is 0 Å². The van der Waals surface area contributed by atoms with Crippen molar-refractivity contribution in [2.45, 2.75) is 11.9 Å². The number of methoxy groups -OCH3 is 1. The lowest BCUT2D eigenvalue weighted by atomic mass is 10.4. The summed E-state index contributed by atoms with van der Waals surface area (Å²) < 4.78 is 49.9. The molecule has 0 bridgehead atoms. The molecule has 0 atom stereocenters. The number of aryl methyl sites for hydroxylation is 1. The van der Waals surface area contributed by atoms with Crippen molar-refractivity contribution in [2.24, 2.45) is 5.14 Å². The summed E-state index contributed by atoms with van der Waals surface area (Å²) in [5.41, 5.74) is 0.231. The van der Waals surface area contributed by atoms with Crippen molar-refractivity contribution < 1.29 is 26.4 Å². The van der Waals surface area contributed by atoms with Crippen LogP contribution in [-0.4, -0.2) is 51.4 Å². The van der Waals surface area contributed by atoms with Crippen LogP contribution in [0.15, 0.2) is 11.1 Å². The molecule has 112 valence electrons. The zero-order valence-corrected chi connectivity index (χ0v) is 12.4. The Morgan fingerprint density at radius 2 is 1.85 bits per heavy atom. The Hall–Kier alpha value is -1.59. The molecule has 0 aromatic carbocycles. The number of rotatable bonds is 5. The first-order chi connectivity index (χ1) is 9.05. The number of primary sulfonamides is 1. The van der Waals surface area contributed by atoms with Crippen molar-refractivity contribution in [1.82, 2.24) is 9.97 Å². The zero-order valence-electron chi connectivity index (χ0n) is 10.7. The third kappa shape index (κ3) is 4.51. The monoisotopic (exact) mass is 323 g/mol. The predicted molar refractivity (Wildman–Crippen MR) is 68.1 cm³/mol. The molecular weight excluding hydrogens is 310 g/mol. The van der Waals surface area contributed by atoms with Gasteiger partial charge in [-0.05, 0) is 13.0 Å². The summed E-state index contributed by atoms with van der Waals surface area (Å²) in [5.74, 6) is -2.78. The number of nitrogens with two attached hydrogens (primary N) is 1. The van der Waals surface area contributed by atoms with Crippen LogP contribution in [0.2, 0.25) is 0 Å². The highest BCUT2D eigenvalue weighted by Crippen LogP contribution is 2.11. The van der Waals surface area contributed by atoms with Gasteiger partial charge in [0.2, 0.25) is 15.8 Å². The average molecular weight is 323 g/mol. The van der Waals surface area contributed by atoms with Gasteiger partial charge in [0.05, 0.1) is 18.6 Å². The maximum Gasteiger partial charge on any atom is 0.376 e. The first-order valence-electron chi connectivity index (χ1n) is 5.22. The van der Waals surface area contributed by atoms with Gasteiger partial charge in [-0.25, -0.2) is 36.7 Å². The molecule has 0 spiro atoms. The van der Waals surface area contributed by atoms with Crippen LogP contribution >= 0.6 is 0 Å². The molecule has 0 amide bonds. The Morgan fingerprint density at radius 1 is 1.25 bits per heavy atom. The van der Waals surface area contributed by atoms with Crippen molar-refractivity contribution in [3.63, 3.8) is 0 Å². The molecule has 20 heavy (non-hydrogen) atoms. The van der Waals surface area contributed by atoms with Crippen LogP contribution in [0.3, 0.4) is 0 Å². The van der Waals surface area contributed by atoms with E-state index in [1.165, 1.54) is 6.92 Å². The molecule has 0 fully saturated rings. The Bertz CT molecular complexity index is 726. The summed E-state index contributed by atoms with van der Waals surface area (Å²) in [4.78, 5) is 18.6. The molecule has 0 saturated heterocycles. The fourth-order valence-corrected chi connectivity index (χ4v) is 3.80. The van der Waals surface area contributed by atoms with E-state index in [2.05, 4.69) is 14.7 Å². The zero-order chi connectivity index (χ0) is 15.6. The molecule has 1 rings (SSSR count). The summed E-state index contributed by atoms with van der Waals surface area (Å²) in [6.45, 7) is 1.47. The van der Waals surface area contributed by atoms with Crippen LogP contribution in [0.25, 0.3) is 0 Å². The van der Waals surface area contributed by atoms with E-state index in [-0.39, 0.29) is 5.69 Å². The highest BCUT2D eigenvalue weighted by atomic mass is 32.2. The standard InChI is InChI=1S/C9H13N3O6S2/c1-6-5-7(12-8(11-6)9(13)18-2)19(14,15)3-4-20(10,16)17/h5H,3-4H2,1-2H3,(H2,10,16,17). The third-order valence-corrected chi connectivity index (χ3v) is 4.77. The molecule has 0 saturated carbocycles. The van der Waals surface area contributed by atoms with Crippen molar-refractivity contribution in [2.75, 3.05) is 18.6 Å². The van der Waals surface area contributed by atoms with Gasteiger partial charge in [-0.1, -0.05) is 0 Å². The minimum absolute atomic E-state index is 0.231. The quantitative estimate of drug-likeness (QED) is 0.516. The van der Waals surface area contributed by atoms with E-state index in [1.54, 1.807) is 0 Å². The molecule has 11 heteroatoms. The van der Waals surface area contributed by atoms with E-state index < -0.39 is 48.2 Å². The fraction of sp³-hybridized carbons (Fsp3) is 0.444. The van der Waals surface area contributed by atoms with Crippen molar-refractivity contribution in [3.05, 3.63) is 17.6 Å². The van der Waals surface area contributed by atoms with Crippen LogP contribution in [0, 0.1) is 6.92 Å². The summed E-state index contributed by atoms with van der Waals surface area (Å²) in [6.07, 6.45) is 0. The lowest BCUT2D eigenvalue weighted by Gasteiger charge is -2.05. The normalized spacial score (nSPS) is 12.2. The van der Waals surface area contributed by atoms with Crippen molar-refractivity contribution in [3.8, 4) is 0 Å². The molecule has 0 aliphatic rings. The van der Waals surface area contributed by atoms with Gasteiger partial charge in [0.15, 0.2) is 14.9 Å². The highest BCUT2D eigenvalue weighted by molar-refractivity contribution is 7.94. The van der Waals surface area contributed by atoms with E-state index in [0.29, 0.717) is 0 Å². The average Bonchev–Trinajstić information content (AvgIpc) is 2.34. The minimum atomic E-state index is -4.00. The Morgan fingerprint density at radius 3 is 2.35 bits per heavy atom. The van der Waals surface area contributed by atoms with E-state index in [0.717, 1.165) is 13.2 Å². The van der Waals surface area contributed by atoms with Crippen LogP contribution in [0.4, 0.5) is 0 Å². The van der Waals surface area contributed by atoms with E-state index in [1.807, 2.05) is 0 Å². The number of hydrogen-bond donors (Lipinski definition) is 1. The number of ether oxygens (including phenoxy) is 1. The first kappa shape index (κ1) is 16.5. The summed E-state index contributed by atoms with van der Waals surface area (Å²) >= 11 is 0. The Balaban J connectivity index is 3.18. The summed E-state index contributed by atoms with van der Waals surface area (Å²) in [7, 11) is -6.82. The van der Waals surface area contributed by atoms with Gasteiger partial charge in [-0.15, -0.1) is 0 Å². The molecule has 1 aromatic rings. The topological polar surface area (TPSA) is 146 Å². The lowest BCUT2D eigenvalue weighted by molar-refractivity contribution is 0.0585. The number of sulfone groups is 1. The van der Waals surface area contributed by atoms with Gasteiger partial charge in [0.1, 0.15) is 0 Å². The molecule has 1 aromatic heterocycles. The van der Waals surface area contributed by atoms with E-state index in [9.17, 15) is 21.6 Å². The second kappa shape index (κ2) is 5.81. The van der Waals surface area contributed by atoms with Crippen molar-refractivity contribution >= 4 is 25.8 Å². The van der Waals surface area contributed by atoms with Crippen molar-refractivity contribution in [1.29, 1.82) is 0 Å². The maximum absolute atomic E-state index is 11.9. The van der Waals surface area contributed by atoms with E-state index in [4.69, 9.17) is 5.14 Å². The Labute approximate surface area is 116 Å². The molecule has 0 aliphatic carbocycles. The number of sulfonamides is 1. The summed E-state index contributed by atoms with van der Waals surface area (Å²) in [6, 6.07) is 1.13. The molecule has 9 nitrogen and oxygen atoms in total. The Kier molecular flexibility index (Phi) is 4.78. The highest BCUT2D eigenvalue weighted by Gasteiger charge is 2.22. The molecule has 0 aliphatic heterocycles. The SMILES string of the molecule is COC(=O)c1nc(C)cc(S(=O)(=O)CCS(N)(=O)=O)n1. The van der Waals surface area contributed by atoms with Crippen LogP contribution in [0.1, 0.15) is 16.3 Å². The second-order valence-corrected chi connectivity index (χ2v) is 7.64. The largest absolute Gasteiger partial charge is 0.463 e. The molecular formula is C9H13N3O6S2. The molecule has 0 radical (unpaired) electrons. The minimum Gasteiger partial charge on any atom is -0.463 e. The third-order valence-electron chi connectivity index (χ3n) is 2.15. The number of aromatic nitrogens is 2. The molecule has 2 N–H and O–H groups in total. The van der Waals surface area contributed by atoms with Gasteiger partial charge in [-0.2, -0.15) is 0 Å². The number of hydrogen-bond acceptors (Lipinski definition) is 8. The number of nitrogens with zero attached hydrogens (tertiary/aromatic N) is 2. The van der Waals surface area contributed by atoms with E-state index >= 15 is 0 Å². The molecule has 1 heterocycles.